The molecule has 2 heteroatoms. The van der Waals surface area contributed by atoms with E-state index in [0.29, 0.717) is 5.92 Å². The van der Waals surface area contributed by atoms with Crippen molar-refractivity contribution < 1.29 is 5.11 Å². The molecule has 2 rings (SSSR count). The first-order chi connectivity index (χ1) is 8.70. The predicted molar refractivity (Wildman–Crippen MR) is 75.6 cm³/mol. The minimum Gasteiger partial charge on any atom is -0.395 e. The van der Waals surface area contributed by atoms with E-state index in [2.05, 4.69) is 43.4 Å². The number of aliphatic hydroxyl groups is 1. The molecule has 2 nitrogen and oxygen atoms in total. The van der Waals surface area contributed by atoms with E-state index >= 15 is 0 Å². The van der Waals surface area contributed by atoms with Crippen molar-refractivity contribution in [2.75, 3.05) is 6.61 Å². The van der Waals surface area contributed by atoms with E-state index in [-0.39, 0.29) is 12.6 Å². The Labute approximate surface area is 110 Å². The maximum Gasteiger partial charge on any atom is 0.0584 e. The Bertz CT molecular complexity index is 371. The van der Waals surface area contributed by atoms with Gasteiger partial charge >= 0.3 is 0 Å². The summed E-state index contributed by atoms with van der Waals surface area (Å²) in [5.41, 5.74) is 2.91. The first-order valence-corrected chi connectivity index (χ1v) is 7.12. The largest absolute Gasteiger partial charge is 0.395 e. The third kappa shape index (κ3) is 3.82. The molecule has 0 aliphatic heterocycles. The summed E-state index contributed by atoms with van der Waals surface area (Å²) >= 11 is 0. The summed E-state index contributed by atoms with van der Waals surface area (Å²) in [5, 5.41) is 12.9. The van der Waals surface area contributed by atoms with Gasteiger partial charge in [0.2, 0.25) is 0 Å². The van der Waals surface area contributed by atoms with E-state index < -0.39 is 0 Å². The van der Waals surface area contributed by atoms with Crippen molar-refractivity contribution in [2.45, 2.75) is 51.6 Å². The lowest BCUT2D eigenvalue weighted by Gasteiger charge is -2.19. The Morgan fingerprint density at radius 2 is 2.00 bits per heavy atom. The highest BCUT2D eigenvalue weighted by molar-refractivity contribution is 5.33. The Morgan fingerprint density at radius 1 is 1.28 bits per heavy atom. The van der Waals surface area contributed by atoms with Gasteiger partial charge in [-0.05, 0) is 42.2 Å². The van der Waals surface area contributed by atoms with E-state index in [1.54, 1.807) is 0 Å². The molecular weight excluding hydrogens is 222 g/mol. The van der Waals surface area contributed by atoms with Gasteiger partial charge in [0.15, 0.2) is 0 Å². The van der Waals surface area contributed by atoms with Crippen LogP contribution in [0.4, 0.5) is 0 Å². The Balaban J connectivity index is 1.92. The zero-order chi connectivity index (χ0) is 13.0. The van der Waals surface area contributed by atoms with Gasteiger partial charge in [0.1, 0.15) is 0 Å². The summed E-state index contributed by atoms with van der Waals surface area (Å²) in [4.78, 5) is 0. The number of hydrogen-bond donors (Lipinski definition) is 2. The molecule has 1 aromatic rings. The fourth-order valence-corrected chi connectivity index (χ4v) is 2.53. The van der Waals surface area contributed by atoms with Gasteiger partial charge in [-0.15, -0.1) is 0 Å². The fourth-order valence-electron chi connectivity index (χ4n) is 2.53. The van der Waals surface area contributed by atoms with Crippen molar-refractivity contribution in [3.8, 4) is 0 Å². The van der Waals surface area contributed by atoms with E-state index in [4.69, 9.17) is 0 Å². The number of nitrogens with one attached hydrogen (secondary N) is 1. The predicted octanol–water partition coefficient (Wildman–Crippen LogP) is 3.06. The first-order valence-electron chi connectivity index (χ1n) is 7.12. The molecule has 2 N–H and O–H groups in total. The summed E-state index contributed by atoms with van der Waals surface area (Å²) in [7, 11) is 0. The second-order valence-corrected chi connectivity index (χ2v) is 5.86. The molecule has 0 spiro atoms. The molecule has 0 radical (unpaired) electrons. The van der Waals surface area contributed by atoms with Gasteiger partial charge in [-0.3, -0.25) is 0 Å². The van der Waals surface area contributed by atoms with Crippen LogP contribution in [0.1, 0.15) is 50.2 Å². The van der Waals surface area contributed by atoms with Gasteiger partial charge < -0.3 is 10.4 Å². The fraction of sp³-hybridized carbons (Fsp3) is 0.625. The summed E-state index contributed by atoms with van der Waals surface area (Å²) in [6.45, 7) is 5.50. The van der Waals surface area contributed by atoms with Crippen molar-refractivity contribution in [2.24, 2.45) is 5.92 Å². The minimum atomic E-state index is 0.220. The lowest BCUT2D eigenvalue weighted by atomic mass is 10.0. The summed E-state index contributed by atoms with van der Waals surface area (Å²) < 4.78 is 0. The standard InChI is InChI=1S/C16H25NO/c1-12(2)9-15(11-18)17-10-14-5-3-4-6-16(14)13-7-8-13/h3-6,12-13,15,17-18H,7-11H2,1-2H3. The van der Waals surface area contributed by atoms with E-state index in [1.807, 2.05) is 0 Å². The monoisotopic (exact) mass is 247 g/mol. The van der Waals surface area contributed by atoms with Crippen LogP contribution in [-0.4, -0.2) is 17.8 Å². The average molecular weight is 247 g/mol. The topological polar surface area (TPSA) is 32.3 Å². The lowest BCUT2D eigenvalue weighted by Crippen LogP contribution is -2.33. The number of rotatable bonds is 7. The van der Waals surface area contributed by atoms with Crippen LogP contribution in [0.2, 0.25) is 0 Å². The third-order valence-corrected chi connectivity index (χ3v) is 3.63. The van der Waals surface area contributed by atoms with E-state index in [1.165, 1.54) is 24.0 Å². The molecule has 0 saturated heterocycles. The molecule has 0 heterocycles. The zero-order valence-corrected chi connectivity index (χ0v) is 11.5. The molecule has 1 atom stereocenters. The normalized spacial score (nSPS) is 17.1. The van der Waals surface area contributed by atoms with Crippen molar-refractivity contribution in [1.82, 2.24) is 5.32 Å². The van der Waals surface area contributed by atoms with Crippen LogP contribution in [-0.2, 0) is 6.54 Å². The van der Waals surface area contributed by atoms with Gasteiger partial charge in [-0.1, -0.05) is 38.1 Å². The molecule has 1 aliphatic rings. The van der Waals surface area contributed by atoms with Crippen LogP contribution in [0.25, 0.3) is 0 Å². The molecule has 0 amide bonds. The van der Waals surface area contributed by atoms with Crippen LogP contribution in [0.15, 0.2) is 24.3 Å². The van der Waals surface area contributed by atoms with Crippen molar-refractivity contribution in [1.29, 1.82) is 0 Å². The SMILES string of the molecule is CC(C)CC(CO)NCc1ccccc1C1CC1. The molecule has 1 fully saturated rings. The van der Waals surface area contributed by atoms with Crippen molar-refractivity contribution in [3.63, 3.8) is 0 Å². The lowest BCUT2D eigenvalue weighted by molar-refractivity contribution is 0.223. The molecular formula is C16H25NO. The Kier molecular flexibility index (Phi) is 4.79. The van der Waals surface area contributed by atoms with E-state index in [0.717, 1.165) is 18.9 Å². The molecule has 100 valence electrons. The van der Waals surface area contributed by atoms with Gasteiger partial charge in [-0.2, -0.15) is 0 Å². The van der Waals surface area contributed by atoms with Gasteiger partial charge in [0.05, 0.1) is 6.61 Å². The highest BCUT2D eigenvalue weighted by atomic mass is 16.3. The number of hydrogen-bond acceptors (Lipinski definition) is 2. The van der Waals surface area contributed by atoms with Crippen LogP contribution in [0.3, 0.4) is 0 Å². The first kappa shape index (κ1) is 13.6. The maximum atomic E-state index is 9.38. The van der Waals surface area contributed by atoms with Crippen LogP contribution < -0.4 is 5.32 Å². The number of benzene rings is 1. The summed E-state index contributed by atoms with van der Waals surface area (Å²) in [6.07, 6.45) is 3.71. The van der Waals surface area contributed by atoms with Gasteiger partial charge in [-0.25, -0.2) is 0 Å². The third-order valence-electron chi connectivity index (χ3n) is 3.63. The molecule has 1 saturated carbocycles. The average Bonchev–Trinajstić information content (AvgIpc) is 3.18. The highest BCUT2D eigenvalue weighted by Crippen LogP contribution is 2.41. The quantitative estimate of drug-likeness (QED) is 0.776. The molecule has 0 aromatic heterocycles. The van der Waals surface area contributed by atoms with Crippen LogP contribution in [0, 0.1) is 5.92 Å². The second kappa shape index (κ2) is 6.35. The molecule has 18 heavy (non-hydrogen) atoms. The summed E-state index contributed by atoms with van der Waals surface area (Å²) in [5.74, 6) is 1.41. The van der Waals surface area contributed by atoms with E-state index in [9.17, 15) is 5.11 Å². The summed E-state index contributed by atoms with van der Waals surface area (Å²) in [6, 6.07) is 8.93. The van der Waals surface area contributed by atoms with Gasteiger partial charge in [0.25, 0.3) is 0 Å². The highest BCUT2D eigenvalue weighted by Gasteiger charge is 2.25. The second-order valence-electron chi connectivity index (χ2n) is 5.86. The van der Waals surface area contributed by atoms with Gasteiger partial charge in [0, 0.05) is 12.6 Å². The number of aliphatic hydroxyl groups excluding tert-OH is 1. The zero-order valence-electron chi connectivity index (χ0n) is 11.5. The molecule has 0 bridgehead atoms. The van der Waals surface area contributed by atoms with Crippen molar-refractivity contribution >= 4 is 0 Å². The Morgan fingerprint density at radius 3 is 2.61 bits per heavy atom. The maximum absolute atomic E-state index is 9.38. The minimum absolute atomic E-state index is 0.220. The van der Waals surface area contributed by atoms with Crippen molar-refractivity contribution in [3.05, 3.63) is 35.4 Å². The molecule has 1 unspecified atom stereocenters. The van der Waals surface area contributed by atoms with Crippen LogP contribution in [0.5, 0.6) is 0 Å². The molecule has 1 aromatic carbocycles. The molecule has 1 aliphatic carbocycles. The Hall–Kier alpha value is -0.860. The smallest absolute Gasteiger partial charge is 0.0584 e. The van der Waals surface area contributed by atoms with Crippen LogP contribution >= 0.6 is 0 Å².